The standard InChI is InChI=1S/C11H17ClN2O/c1-2-8-3-5-9(6-4-8)11-13-10(7-12)14-15-11/h8-9H,2-7H2,1H3. The number of hydrogen-bond acceptors (Lipinski definition) is 3. The molecule has 4 heteroatoms. The SMILES string of the molecule is CCC1CCC(c2nc(CCl)no2)CC1. The van der Waals surface area contributed by atoms with Gasteiger partial charge in [-0.2, -0.15) is 4.98 Å². The van der Waals surface area contributed by atoms with Crippen LogP contribution in [0.4, 0.5) is 0 Å². The lowest BCUT2D eigenvalue weighted by molar-refractivity contribution is 0.267. The maximum absolute atomic E-state index is 5.64. The van der Waals surface area contributed by atoms with E-state index in [1.165, 1.54) is 32.1 Å². The summed E-state index contributed by atoms with van der Waals surface area (Å²) >= 11 is 5.64. The van der Waals surface area contributed by atoms with Gasteiger partial charge >= 0.3 is 0 Å². The summed E-state index contributed by atoms with van der Waals surface area (Å²) in [6.45, 7) is 2.27. The minimum absolute atomic E-state index is 0.341. The molecular weight excluding hydrogens is 212 g/mol. The summed E-state index contributed by atoms with van der Waals surface area (Å²) in [6.07, 6.45) is 6.24. The van der Waals surface area contributed by atoms with Crippen molar-refractivity contribution in [3.63, 3.8) is 0 Å². The second kappa shape index (κ2) is 4.97. The Morgan fingerprint density at radius 1 is 1.33 bits per heavy atom. The van der Waals surface area contributed by atoms with E-state index >= 15 is 0 Å². The molecule has 0 saturated heterocycles. The van der Waals surface area contributed by atoms with Gasteiger partial charge in [0.1, 0.15) is 0 Å². The van der Waals surface area contributed by atoms with Crippen molar-refractivity contribution in [2.45, 2.75) is 50.8 Å². The Morgan fingerprint density at radius 2 is 2.07 bits per heavy atom. The molecule has 1 saturated carbocycles. The number of nitrogens with zero attached hydrogens (tertiary/aromatic N) is 2. The van der Waals surface area contributed by atoms with E-state index in [9.17, 15) is 0 Å². The summed E-state index contributed by atoms with van der Waals surface area (Å²) in [7, 11) is 0. The van der Waals surface area contributed by atoms with Crippen molar-refractivity contribution in [1.82, 2.24) is 10.1 Å². The zero-order chi connectivity index (χ0) is 10.7. The van der Waals surface area contributed by atoms with Crippen LogP contribution < -0.4 is 0 Å². The Labute approximate surface area is 95.2 Å². The van der Waals surface area contributed by atoms with Gasteiger partial charge in [-0.05, 0) is 31.6 Å². The molecule has 0 unspecified atom stereocenters. The van der Waals surface area contributed by atoms with Crippen LogP contribution in [0.15, 0.2) is 4.52 Å². The highest BCUT2D eigenvalue weighted by Gasteiger charge is 2.25. The van der Waals surface area contributed by atoms with Crippen molar-refractivity contribution >= 4 is 11.6 Å². The average Bonchev–Trinajstić information content (AvgIpc) is 2.78. The summed E-state index contributed by atoms with van der Waals surface area (Å²) in [6, 6.07) is 0. The lowest BCUT2D eigenvalue weighted by Gasteiger charge is -2.25. The fourth-order valence-electron chi connectivity index (χ4n) is 2.31. The third kappa shape index (κ3) is 2.51. The first-order valence-corrected chi connectivity index (χ1v) is 6.25. The van der Waals surface area contributed by atoms with Gasteiger partial charge in [0.25, 0.3) is 0 Å². The Bertz CT molecular complexity index is 305. The van der Waals surface area contributed by atoms with Gasteiger partial charge in [0, 0.05) is 5.92 Å². The second-order valence-corrected chi connectivity index (χ2v) is 4.58. The van der Waals surface area contributed by atoms with Gasteiger partial charge < -0.3 is 4.52 Å². The first-order chi connectivity index (χ1) is 7.33. The highest BCUT2D eigenvalue weighted by molar-refractivity contribution is 6.16. The third-order valence-corrected chi connectivity index (χ3v) is 3.62. The molecule has 15 heavy (non-hydrogen) atoms. The fourth-order valence-corrected chi connectivity index (χ4v) is 2.41. The molecule has 0 N–H and O–H groups in total. The lowest BCUT2D eigenvalue weighted by atomic mass is 9.81. The van der Waals surface area contributed by atoms with Crippen LogP contribution in [0.2, 0.25) is 0 Å². The van der Waals surface area contributed by atoms with E-state index in [1.807, 2.05) is 0 Å². The summed E-state index contributed by atoms with van der Waals surface area (Å²) in [5, 5.41) is 3.83. The molecule has 2 rings (SSSR count). The minimum Gasteiger partial charge on any atom is -0.339 e. The van der Waals surface area contributed by atoms with Crippen molar-refractivity contribution in [3.05, 3.63) is 11.7 Å². The first-order valence-electron chi connectivity index (χ1n) is 5.72. The van der Waals surface area contributed by atoms with Crippen LogP contribution in [-0.4, -0.2) is 10.1 Å². The van der Waals surface area contributed by atoms with E-state index in [4.69, 9.17) is 16.1 Å². The van der Waals surface area contributed by atoms with Crippen molar-refractivity contribution in [2.75, 3.05) is 0 Å². The van der Waals surface area contributed by atoms with E-state index in [0.717, 1.165) is 11.8 Å². The monoisotopic (exact) mass is 228 g/mol. The van der Waals surface area contributed by atoms with E-state index in [-0.39, 0.29) is 0 Å². The lowest BCUT2D eigenvalue weighted by Crippen LogP contribution is -2.12. The molecule has 0 aromatic carbocycles. The molecule has 0 atom stereocenters. The molecule has 1 aliphatic rings. The highest BCUT2D eigenvalue weighted by Crippen LogP contribution is 2.36. The third-order valence-electron chi connectivity index (χ3n) is 3.38. The van der Waals surface area contributed by atoms with Crippen molar-refractivity contribution in [2.24, 2.45) is 5.92 Å². The number of hydrogen-bond donors (Lipinski definition) is 0. The molecular formula is C11H17ClN2O. The van der Waals surface area contributed by atoms with Crippen LogP contribution in [0.1, 0.15) is 56.7 Å². The molecule has 1 fully saturated rings. The number of alkyl halides is 1. The van der Waals surface area contributed by atoms with Gasteiger partial charge in [0.05, 0.1) is 5.88 Å². The van der Waals surface area contributed by atoms with Crippen LogP contribution in [0.5, 0.6) is 0 Å². The van der Waals surface area contributed by atoms with Crippen LogP contribution >= 0.6 is 11.6 Å². The van der Waals surface area contributed by atoms with Crippen molar-refractivity contribution < 1.29 is 4.52 Å². The van der Waals surface area contributed by atoms with E-state index < -0.39 is 0 Å². The molecule has 84 valence electrons. The molecule has 1 heterocycles. The van der Waals surface area contributed by atoms with Gasteiger partial charge in [-0.25, -0.2) is 0 Å². The zero-order valence-corrected chi connectivity index (χ0v) is 9.83. The number of rotatable bonds is 3. The summed E-state index contributed by atoms with van der Waals surface area (Å²) < 4.78 is 5.22. The van der Waals surface area contributed by atoms with Crippen LogP contribution in [0, 0.1) is 5.92 Å². The molecule has 1 aromatic rings. The maximum Gasteiger partial charge on any atom is 0.229 e. The highest BCUT2D eigenvalue weighted by atomic mass is 35.5. The first kappa shape index (κ1) is 10.9. The molecule has 3 nitrogen and oxygen atoms in total. The van der Waals surface area contributed by atoms with Crippen LogP contribution in [0.3, 0.4) is 0 Å². The van der Waals surface area contributed by atoms with Gasteiger partial charge in [-0.3, -0.25) is 0 Å². The molecule has 0 amide bonds. The predicted octanol–water partition coefficient (Wildman–Crippen LogP) is 3.49. The topological polar surface area (TPSA) is 38.9 Å². The molecule has 0 radical (unpaired) electrons. The predicted molar refractivity (Wildman–Crippen MR) is 58.8 cm³/mol. The quantitative estimate of drug-likeness (QED) is 0.744. The smallest absolute Gasteiger partial charge is 0.229 e. The van der Waals surface area contributed by atoms with Gasteiger partial charge in [0.2, 0.25) is 5.89 Å². The zero-order valence-electron chi connectivity index (χ0n) is 9.08. The Morgan fingerprint density at radius 3 is 2.60 bits per heavy atom. The molecule has 0 spiro atoms. The number of aromatic nitrogens is 2. The Kier molecular flexibility index (Phi) is 3.62. The average molecular weight is 229 g/mol. The van der Waals surface area contributed by atoms with Crippen molar-refractivity contribution in [1.29, 1.82) is 0 Å². The van der Waals surface area contributed by atoms with E-state index in [1.54, 1.807) is 0 Å². The Balaban J connectivity index is 1.95. The van der Waals surface area contributed by atoms with Crippen LogP contribution in [0.25, 0.3) is 0 Å². The minimum atomic E-state index is 0.341. The molecule has 1 aromatic heterocycles. The van der Waals surface area contributed by atoms with E-state index in [2.05, 4.69) is 17.1 Å². The summed E-state index contributed by atoms with van der Waals surface area (Å²) in [4.78, 5) is 4.29. The molecule has 1 aliphatic carbocycles. The largest absolute Gasteiger partial charge is 0.339 e. The Hall–Kier alpha value is -0.570. The maximum atomic E-state index is 5.64. The van der Waals surface area contributed by atoms with Gasteiger partial charge in [0.15, 0.2) is 5.82 Å². The fraction of sp³-hybridized carbons (Fsp3) is 0.818. The van der Waals surface area contributed by atoms with Crippen LogP contribution in [-0.2, 0) is 5.88 Å². The van der Waals surface area contributed by atoms with E-state index in [0.29, 0.717) is 17.6 Å². The van der Waals surface area contributed by atoms with Crippen molar-refractivity contribution in [3.8, 4) is 0 Å². The summed E-state index contributed by atoms with van der Waals surface area (Å²) in [5.41, 5.74) is 0. The summed E-state index contributed by atoms with van der Waals surface area (Å²) in [5.74, 6) is 3.12. The normalized spacial score (nSPS) is 26.8. The van der Waals surface area contributed by atoms with Gasteiger partial charge in [-0.1, -0.05) is 18.5 Å². The second-order valence-electron chi connectivity index (χ2n) is 4.31. The van der Waals surface area contributed by atoms with Gasteiger partial charge in [-0.15, -0.1) is 11.6 Å². The molecule has 0 aliphatic heterocycles. The number of halogens is 1. The molecule has 0 bridgehead atoms.